The van der Waals surface area contributed by atoms with Crippen molar-refractivity contribution in [1.82, 2.24) is 0 Å². The molecule has 5 heteroatoms. The van der Waals surface area contributed by atoms with Crippen molar-refractivity contribution in [3.63, 3.8) is 0 Å². The van der Waals surface area contributed by atoms with Gasteiger partial charge in [-0.15, -0.1) is 0 Å². The molecule has 0 aromatic rings. The zero-order valence-electron chi connectivity index (χ0n) is 7.69. The predicted molar refractivity (Wildman–Crippen MR) is 47.1 cm³/mol. The van der Waals surface area contributed by atoms with E-state index in [0.717, 1.165) is 12.2 Å². The minimum atomic E-state index is -0.579. The number of ether oxygens (including phenoxy) is 2. The van der Waals surface area contributed by atoms with Gasteiger partial charge in [-0.2, -0.15) is 0 Å². The molecule has 0 N–H and O–H groups in total. The molecule has 0 spiro atoms. The zero-order valence-corrected chi connectivity index (χ0v) is 7.69. The van der Waals surface area contributed by atoms with Crippen LogP contribution in [-0.4, -0.2) is 24.5 Å². The molecule has 1 rings (SSSR count). The second-order valence-corrected chi connectivity index (χ2v) is 2.16. The monoisotopic (exact) mass is 198 g/mol. The zero-order chi connectivity index (χ0) is 11.0. The lowest BCUT2D eigenvalue weighted by Gasteiger charge is -1.90. The lowest BCUT2D eigenvalue weighted by atomic mass is 10.6. The third kappa shape index (κ3) is 6.78. The highest BCUT2D eigenvalue weighted by Crippen LogP contribution is 1.92. The van der Waals surface area contributed by atoms with E-state index in [1.807, 2.05) is 0 Å². The van der Waals surface area contributed by atoms with Crippen molar-refractivity contribution in [3.8, 4) is 0 Å². The fourth-order valence-corrected chi connectivity index (χ4v) is 0.480. The summed E-state index contributed by atoms with van der Waals surface area (Å²) >= 11 is 0. The van der Waals surface area contributed by atoms with Crippen molar-refractivity contribution < 1.29 is 23.9 Å². The molecule has 1 aliphatic rings. The van der Waals surface area contributed by atoms with Crippen molar-refractivity contribution in [2.24, 2.45) is 0 Å². The lowest BCUT2D eigenvalue weighted by molar-refractivity contribution is -0.150. The van der Waals surface area contributed by atoms with Crippen LogP contribution in [0.25, 0.3) is 0 Å². The van der Waals surface area contributed by atoms with Crippen molar-refractivity contribution in [3.05, 3.63) is 24.8 Å². The summed E-state index contributed by atoms with van der Waals surface area (Å²) in [6, 6.07) is 0. The molecule has 1 aliphatic heterocycles. The standard InChI is InChI=1S/C5H8O2.C4H2O3/c1-3-4-7-5(2)6;5-3-1-2-4(6)7-3/h3H,1,4H2,2H3;1-2H. The summed E-state index contributed by atoms with van der Waals surface area (Å²) in [6.45, 7) is 5.03. The van der Waals surface area contributed by atoms with E-state index >= 15 is 0 Å². The van der Waals surface area contributed by atoms with Crippen molar-refractivity contribution in [1.29, 1.82) is 0 Å². The highest BCUT2D eigenvalue weighted by atomic mass is 16.6. The van der Waals surface area contributed by atoms with E-state index in [1.165, 1.54) is 13.0 Å². The summed E-state index contributed by atoms with van der Waals surface area (Å²) in [5.41, 5.74) is 0. The average Bonchev–Trinajstić information content (AvgIpc) is 2.47. The van der Waals surface area contributed by atoms with Crippen molar-refractivity contribution in [2.45, 2.75) is 6.92 Å². The molecule has 5 nitrogen and oxygen atoms in total. The maximum absolute atomic E-state index is 9.93. The summed E-state index contributed by atoms with van der Waals surface area (Å²) in [5.74, 6) is -1.42. The number of carbonyl (C=O) groups is 3. The Kier molecular flexibility index (Phi) is 5.69. The Balaban J connectivity index is 0.000000241. The number of hydrogen-bond acceptors (Lipinski definition) is 5. The maximum Gasteiger partial charge on any atom is 0.338 e. The van der Waals surface area contributed by atoms with Gasteiger partial charge in [-0.3, -0.25) is 4.79 Å². The molecule has 0 radical (unpaired) electrons. The van der Waals surface area contributed by atoms with Gasteiger partial charge in [0.05, 0.1) is 0 Å². The van der Waals surface area contributed by atoms with Gasteiger partial charge in [-0.25, -0.2) is 9.59 Å². The van der Waals surface area contributed by atoms with Crippen LogP contribution in [0.4, 0.5) is 0 Å². The van der Waals surface area contributed by atoms with Crippen LogP contribution in [0.1, 0.15) is 6.92 Å². The van der Waals surface area contributed by atoms with Gasteiger partial charge in [-0.05, 0) is 0 Å². The molecule has 0 unspecified atom stereocenters. The molecule has 0 aromatic carbocycles. The number of cyclic esters (lactones) is 2. The topological polar surface area (TPSA) is 69.7 Å². The van der Waals surface area contributed by atoms with Crippen LogP contribution >= 0.6 is 0 Å². The summed E-state index contributed by atoms with van der Waals surface area (Å²) in [6.07, 6.45) is 3.70. The Bertz CT molecular complexity index is 261. The third-order valence-corrected chi connectivity index (χ3v) is 0.961. The fourth-order valence-electron chi connectivity index (χ4n) is 0.480. The van der Waals surface area contributed by atoms with Gasteiger partial charge >= 0.3 is 17.9 Å². The van der Waals surface area contributed by atoms with Crippen LogP contribution in [0.5, 0.6) is 0 Å². The van der Waals surface area contributed by atoms with Gasteiger partial charge in [0.15, 0.2) is 0 Å². The minimum absolute atomic E-state index is 0.264. The molecule has 0 saturated carbocycles. The average molecular weight is 198 g/mol. The Hall–Kier alpha value is -1.91. The molecule has 0 fully saturated rings. The summed E-state index contributed by atoms with van der Waals surface area (Å²) in [4.78, 5) is 29.8. The Morgan fingerprint density at radius 3 is 2.14 bits per heavy atom. The minimum Gasteiger partial charge on any atom is -0.462 e. The molecular weight excluding hydrogens is 188 g/mol. The van der Waals surface area contributed by atoms with E-state index in [1.54, 1.807) is 0 Å². The highest BCUT2D eigenvalue weighted by molar-refractivity contribution is 6.04. The number of rotatable bonds is 2. The molecule has 0 aliphatic carbocycles. The molecule has 0 bridgehead atoms. The van der Waals surface area contributed by atoms with Gasteiger partial charge in [0.25, 0.3) is 0 Å². The van der Waals surface area contributed by atoms with Crippen molar-refractivity contribution >= 4 is 17.9 Å². The lowest BCUT2D eigenvalue weighted by Crippen LogP contribution is -1.96. The van der Waals surface area contributed by atoms with Crippen LogP contribution in [0.3, 0.4) is 0 Å². The fraction of sp³-hybridized carbons (Fsp3) is 0.222. The third-order valence-electron chi connectivity index (χ3n) is 0.961. The number of hydrogen-bond donors (Lipinski definition) is 0. The quantitative estimate of drug-likeness (QED) is 0.364. The SMILES string of the molecule is C=CCOC(C)=O.O=C1C=CC(=O)O1. The Morgan fingerprint density at radius 2 is 2.00 bits per heavy atom. The van der Waals surface area contributed by atoms with Gasteiger partial charge in [0, 0.05) is 19.1 Å². The molecular formula is C9H10O5. The second-order valence-electron chi connectivity index (χ2n) is 2.16. The van der Waals surface area contributed by atoms with Crippen molar-refractivity contribution in [2.75, 3.05) is 6.61 Å². The van der Waals surface area contributed by atoms with Gasteiger partial charge in [0.1, 0.15) is 6.61 Å². The summed E-state index contributed by atoms with van der Waals surface area (Å²) < 4.78 is 8.41. The molecule has 0 atom stereocenters. The molecule has 76 valence electrons. The van der Waals surface area contributed by atoms with Crippen LogP contribution in [0, 0.1) is 0 Å². The van der Waals surface area contributed by atoms with E-state index < -0.39 is 11.9 Å². The van der Waals surface area contributed by atoms with E-state index in [0.29, 0.717) is 6.61 Å². The van der Waals surface area contributed by atoms with Gasteiger partial charge in [0.2, 0.25) is 0 Å². The van der Waals surface area contributed by atoms with Gasteiger partial charge < -0.3 is 9.47 Å². The van der Waals surface area contributed by atoms with Gasteiger partial charge in [-0.1, -0.05) is 12.7 Å². The van der Waals surface area contributed by atoms with E-state index in [2.05, 4.69) is 16.1 Å². The van der Waals surface area contributed by atoms with Crippen LogP contribution < -0.4 is 0 Å². The maximum atomic E-state index is 9.93. The first-order valence-corrected chi connectivity index (χ1v) is 3.74. The Morgan fingerprint density at radius 1 is 1.50 bits per heavy atom. The normalized spacial score (nSPS) is 12.6. The first-order valence-electron chi connectivity index (χ1n) is 3.74. The van der Waals surface area contributed by atoms with Crippen LogP contribution in [-0.2, 0) is 23.9 Å². The first kappa shape index (κ1) is 12.1. The molecule has 14 heavy (non-hydrogen) atoms. The smallest absolute Gasteiger partial charge is 0.338 e. The molecule has 1 heterocycles. The van der Waals surface area contributed by atoms with E-state index in [-0.39, 0.29) is 5.97 Å². The molecule has 0 saturated heterocycles. The Labute approximate surface area is 81.0 Å². The second kappa shape index (κ2) is 6.59. The summed E-state index contributed by atoms with van der Waals surface area (Å²) in [5, 5.41) is 0. The van der Waals surface area contributed by atoms with E-state index in [9.17, 15) is 14.4 Å². The largest absolute Gasteiger partial charge is 0.462 e. The first-order chi connectivity index (χ1) is 6.56. The van der Waals surface area contributed by atoms with Crippen LogP contribution in [0.2, 0.25) is 0 Å². The predicted octanol–water partition coefficient (Wildman–Crippen LogP) is 0.361. The summed E-state index contributed by atoms with van der Waals surface area (Å²) in [7, 11) is 0. The van der Waals surface area contributed by atoms with E-state index in [4.69, 9.17) is 0 Å². The molecule has 0 amide bonds. The molecule has 0 aromatic heterocycles. The van der Waals surface area contributed by atoms with Crippen LogP contribution in [0.15, 0.2) is 24.8 Å². The highest BCUT2D eigenvalue weighted by Gasteiger charge is 2.10. The number of esters is 3. The number of carbonyl (C=O) groups excluding carboxylic acids is 3.